The lowest BCUT2D eigenvalue weighted by atomic mass is 9.80. The SMILES string of the molecule is COCCNC(=O)C[NH+]1c2ccccc2C(C)(C)C1/C=C/C=C/C=C1/N(C)c2ccccc2C1(C)C. The molecule has 190 valence electrons. The van der Waals surface area contributed by atoms with Crippen molar-refractivity contribution >= 4 is 17.3 Å². The van der Waals surface area contributed by atoms with Crippen LogP contribution in [0.15, 0.2) is 84.6 Å². The van der Waals surface area contributed by atoms with Gasteiger partial charge in [-0.1, -0.05) is 68.5 Å². The van der Waals surface area contributed by atoms with Crippen molar-refractivity contribution in [3.63, 3.8) is 0 Å². The predicted molar refractivity (Wildman–Crippen MR) is 148 cm³/mol. The van der Waals surface area contributed by atoms with E-state index >= 15 is 0 Å². The van der Waals surface area contributed by atoms with Gasteiger partial charge in [-0.25, -0.2) is 0 Å². The normalized spacial score (nSPS) is 22.9. The first-order chi connectivity index (χ1) is 17.2. The van der Waals surface area contributed by atoms with E-state index in [9.17, 15) is 4.79 Å². The zero-order valence-corrected chi connectivity index (χ0v) is 22.5. The van der Waals surface area contributed by atoms with Crippen molar-refractivity contribution in [3.05, 3.63) is 95.7 Å². The number of fused-ring (bicyclic) bond motifs is 2. The Morgan fingerprint density at radius 1 is 1.03 bits per heavy atom. The number of hydrogen-bond acceptors (Lipinski definition) is 3. The summed E-state index contributed by atoms with van der Waals surface area (Å²) in [5.41, 5.74) is 6.29. The topological polar surface area (TPSA) is 46.0 Å². The minimum atomic E-state index is -0.0865. The van der Waals surface area contributed by atoms with Crippen LogP contribution in [-0.4, -0.2) is 45.8 Å². The molecule has 0 saturated carbocycles. The quantitative estimate of drug-likeness (QED) is 0.437. The van der Waals surface area contributed by atoms with Gasteiger partial charge in [-0.2, -0.15) is 0 Å². The minimum Gasteiger partial charge on any atom is -0.383 e. The number of quaternary nitrogens is 1. The molecule has 2 aromatic carbocycles. The Morgan fingerprint density at radius 2 is 1.72 bits per heavy atom. The van der Waals surface area contributed by atoms with Gasteiger partial charge in [0.25, 0.3) is 5.91 Å². The molecule has 2 aliphatic heterocycles. The zero-order chi connectivity index (χ0) is 25.9. The van der Waals surface area contributed by atoms with Gasteiger partial charge in [0.1, 0.15) is 11.7 Å². The number of nitrogens with zero attached hydrogens (tertiary/aromatic N) is 1. The van der Waals surface area contributed by atoms with Crippen LogP contribution in [0.25, 0.3) is 0 Å². The fourth-order valence-corrected chi connectivity index (χ4v) is 5.87. The highest BCUT2D eigenvalue weighted by molar-refractivity contribution is 5.77. The lowest BCUT2D eigenvalue weighted by Gasteiger charge is -2.27. The molecule has 0 aromatic heterocycles. The summed E-state index contributed by atoms with van der Waals surface area (Å²) in [4.78, 5) is 16.2. The summed E-state index contributed by atoms with van der Waals surface area (Å²) in [5, 5.41) is 2.98. The number of carbonyl (C=O) groups is 1. The fourth-order valence-electron chi connectivity index (χ4n) is 5.87. The van der Waals surface area contributed by atoms with Gasteiger partial charge in [-0.3, -0.25) is 9.69 Å². The highest BCUT2D eigenvalue weighted by Gasteiger charge is 2.48. The van der Waals surface area contributed by atoms with E-state index in [-0.39, 0.29) is 22.8 Å². The van der Waals surface area contributed by atoms with Crippen LogP contribution in [-0.2, 0) is 20.4 Å². The first-order valence-electron chi connectivity index (χ1n) is 12.8. The number of allylic oxidation sites excluding steroid dienone is 5. The Morgan fingerprint density at radius 3 is 2.44 bits per heavy atom. The number of anilines is 1. The summed E-state index contributed by atoms with van der Waals surface area (Å²) < 4.78 is 5.08. The summed E-state index contributed by atoms with van der Waals surface area (Å²) >= 11 is 0. The van der Waals surface area contributed by atoms with Crippen molar-refractivity contribution in [1.29, 1.82) is 0 Å². The molecule has 2 unspecified atom stereocenters. The van der Waals surface area contributed by atoms with Crippen molar-refractivity contribution in [2.75, 3.05) is 38.8 Å². The maximum atomic E-state index is 12.7. The molecule has 0 spiro atoms. The molecule has 0 saturated heterocycles. The van der Waals surface area contributed by atoms with Crippen molar-refractivity contribution in [2.45, 2.75) is 44.6 Å². The van der Waals surface area contributed by atoms with E-state index in [0.717, 1.165) is 0 Å². The summed E-state index contributed by atoms with van der Waals surface area (Å²) in [5.74, 6) is 0.0410. The Kier molecular flexibility index (Phi) is 7.53. The van der Waals surface area contributed by atoms with Gasteiger partial charge in [0, 0.05) is 43.1 Å². The van der Waals surface area contributed by atoms with Crippen LogP contribution < -0.4 is 15.1 Å². The number of para-hydroxylation sites is 2. The number of methoxy groups -OCH3 is 1. The molecule has 0 bridgehead atoms. The van der Waals surface area contributed by atoms with Crippen LogP contribution in [0.4, 0.5) is 11.4 Å². The molecule has 2 heterocycles. The summed E-state index contributed by atoms with van der Waals surface area (Å²) in [6.45, 7) is 10.5. The Labute approximate surface area is 216 Å². The second-order valence-corrected chi connectivity index (χ2v) is 10.8. The molecule has 0 aliphatic carbocycles. The monoisotopic (exact) mass is 486 g/mol. The van der Waals surface area contributed by atoms with Crippen LogP contribution in [0.1, 0.15) is 38.8 Å². The highest BCUT2D eigenvalue weighted by Crippen LogP contribution is 2.46. The third-order valence-corrected chi connectivity index (χ3v) is 7.82. The Balaban J connectivity index is 1.53. The summed E-state index contributed by atoms with van der Waals surface area (Å²) in [6, 6.07) is 17.3. The number of rotatable bonds is 8. The number of benzene rings is 2. The lowest BCUT2D eigenvalue weighted by Crippen LogP contribution is -3.12. The van der Waals surface area contributed by atoms with Crippen molar-refractivity contribution < 1.29 is 14.4 Å². The van der Waals surface area contributed by atoms with Gasteiger partial charge < -0.3 is 15.0 Å². The molecule has 1 amide bonds. The molecule has 5 heteroatoms. The number of carbonyl (C=O) groups excluding carboxylic acids is 1. The molecule has 2 atom stereocenters. The van der Waals surface area contributed by atoms with Gasteiger partial charge in [-0.05, 0) is 43.7 Å². The van der Waals surface area contributed by atoms with Crippen LogP contribution >= 0.6 is 0 Å². The number of amides is 1. The van der Waals surface area contributed by atoms with E-state index in [1.54, 1.807) is 7.11 Å². The first-order valence-corrected chi connectivity index (χ1v) is 12.8. The van der Waals surface area contributed by atoms with E-state index in [4.69, 9.17) is 4.74 Å². The standard InChI is InChI=1S/C31H39N3O2/c1-30(2)23-14-10-12-16-25(23)33(5)27(30)18-8-7-9-19-28-31(3,4)24-15-11-13-17-26(24)34(28)22-29(35)32-20-21-36-6/h7-19,28H,20-22H2,1-6H3,(H,32,35)/p+1/b8-7+,19-9+,27-18+. The zero-order valence-electron chi connectivity index (χ0n) is 22.5. The van der Waals surface area contributed by atoms with Gasteiger partial charge in [0.05, 0.1) is 12.0 Å². The van der Waals surface area contributed by atoms with Crippen LogP contribution in [0.5, 0.6) is 0 Å². The molecule has 5 nitrogen and oxygen atoms in total. The van der Waals surface area contributed by atoms with E-state index in [1.807, 2.05) is 0 Å². The molecule has 0 fully saturated rings. The van der Waals surface area contributed by atoms with E-state index in [0.29, 0.717) is 19.7 Å². The number of hydrogen-bond donors (Lipinski definition) is 2. The highest BCUT2D eigenvalue weighted by atomic mass is 16.5. The summed E-state index contributed by atoms with van der Waals surface area (Å²) in [7, 11) is 3.78. The van der Waals surface area contributed by atoms with Gasteiger partial charge >= 0.3 is 0 Å². The minimum absolute atomic E-state index is 0.0361. The average Bonchev–Trinajstić information content (AvgIpc) is 3.18. The molecular weight excluding hydrogens is 446 g/mol. The fraction of sp³-hybridized carbons (Fsp3) is 0.387. The smallest absolute Gasteiger partial charge is 0.275 e. The van der Waals surface area contributed by atoms with E-state index in [2.05, 4.69) is 124 Å². The van der Waals surface area contributed by atoms with Crippen LogP contribution in [0.3, 0.4) is 0 Å². The second-order valence-electron chi connectivity index (χ2n) is 10.8. The molecule has 0 radical (unpaired) electrons. The Hall–Kier alpha value is -3.15. The maximum absolute atomic E-state index is 12.7. The number of likely N-dealkylation sites (N-methyl/N-ethyl adjacent to an activating group) is 1. The molecule has 36 heavy (non-hydrogen) atoms. The maximum Gasteiger partial charge on any atom is 0.275 e. The molecule has 2 N–H and O–H groups in total. The molecular formula is C31H40N3O2+. The Bertz CT molecular complexity index is 1190. The largest absolute Gasteiger partial charge is 0.383 e. The molecule has 4 rings (SSSR count). The van der Waals surface area contributed by atoms with Gasteiger partial charge in [-0.15, -0.1) is 0 Å². The third kappa shape index (κ3) is 4.78. The second kappa shape index (κ2) is 10.5. The molecule has 2 aromatic rings. The number of ether oxygens (including phenoxy) is 1. The summed E-state index contributed by atoms with van der Waals surface area (Å²) in [6.07, 6.45) is 10.8. The van der Waals surface area contributed by atoms with E-state index < -0.39 is 0 Å². The van der Waals surface area contributed by atoms with Crippen molar-refractivity contribution in [3.8, 4) is 0 Å². The molecule has 2 aliphatic rings. The van der Waals surface area contributed by atoms with Crippen molar-refractivity contribution in [2.24, 2.45) is 0 Å². The van der Waals surface area contributed by atoms with Gasteiger partial charge in [0.15, 0.2) is 6.54 Å². The average molecular weight is 487 g/mol. The lowest BCUT2D eigenvalue weighted by molar-refractivity contribution is -0.841. The van der Waals surface area contributed by atoms with Crippen molar-refractivity contribution in [1.82, 2.24) is 5.32 Å². The number of nitrogens with one attached hydrogen (secondary N) is 2. The van der Waals surface area contributed by atoms with E-state index in [1.165, 1.54) is 33.1 Å². The first kappa shape index (κ1) is 25.9. The van der Waals surface area contributed by atoms with Gasteiger partial charge in [0.2, 0.25) is 0 Å². The third-order valence-electron chi connectivity index (χ3n) is 7.82. The predicted octanol–water partition coefficient (Wildman–Crippen LogP) is 4.05. The van der Waals surface area contributed by atoms with Crippen LogP contribution in [0, 0.1) is 0 Å². The van der Waals surface area contributed by atoms with Crippen LogP contribution in [0.2, 0.25) is 0 Å².